The van der Waals surface area contributed by atoms with Crippen LogP contribution in [-0.2, 0) is 14.4 Å². The van der Waals surface area contributed by atoms with Crippen LogP contribution in [0.5, 0.6) is 0 Å². The third-order valence-electron chi connectivity index (χ3n) is 8.29. The van der Waals surface area contributed by atoms with Crippen molar-refractivity contribution >= 4 is 17.6 Å². The molecule has 0 heterocycles. The molecule has 3 unspecified atom stereocenters. The number of primary amides is 2. The van der Waals surface area contributed by atoms with E-state index >= 15 is 0 Å². The SMILES string of the molecule is CC(=O)C(O)C(O)C(C)(C)C.CC(C)(C)[C@@H](O)CO.CC(C)(C)[C@@H](O)[C@H](O)C(N)=O.CC(C)(C)[C@H](O)CO.CC(C)(C)[C@H](O)[C@@H](O)C(N)=O.CCC(O)C(C)(C)C. The Balaban J connectivity index is -0.000000138. The van der Waals surface area contributed by atoms with Gasteiger partial charge in [0.15, 0.2) is 18.0 Å². The standard InChI is InChI=1S/C8H16O3.2C7H15NO3.C7H16O.2C6H14O2/c1-5(9)6(10)7(11)8(2,3)4;2*1-7(2,3)5(10)4(9)6(8)11;1-5-6(8)7(2,3)4;2*1-6(2,3)5(8)4-7/h6-7,10-11H,1-4H3;2*4-5,9-10H,1-3H3,(H2,8,11);6,8H,5H2,1-4H3;2*5,7-8H,4H2,1-3H3/t;2*4-,5-;;2*5-/m.10.10/s1. The molecule has 0 aliphatic heterocycles. The summed E-state index contributed by atoms with van der Waals surface area (Å²) in [5.74, 6) is -2.19. The first-order chi connectivity index (χ1) is 24.7. The van der Waals surface area contributed by atoms with Gasteiger partial charge >= 0.3 is 0 Å². The second kappa shape index (κ2) is 28.6. The number of hydrogen-bond donors (Lipinski definition) is 13. The summed E-state index contributed by atoms with van der Waals surface area (Å²) in [5, 5.41) is 99.0. The Bertz CT molecular complexity index is 929. The zero-order valence-electron chi connectivity index (χ0n) is 39.1. The van der Waals surface area contributed by atoms with E-state index in [-0.39, 0.29) is 35.6 Å². The fourth-order valence-corrected chi connectivity index (χ4v) is 3.11. The van der Waals surface area contributed by atoms with Crippen LogP contribution in [0.3, 0.4) is 0 Å². The summed E-state index contributed by atoms with van der Waals surface area (Å²) in [5.41, 5.74) is 7.74. The van der Waals surface area contributed by atoms with E-state index in [4.69, 9.17) is 47.2 Å². The van der Waals surface area contributed by atoms with E-state index in [9.17, 15) is 34.8 Å². The lowest BCUT2D eigenvalue weighted by molar-refractivity contribution is -0.137. The topological polar surface area (TPSA) is 326 Å². The highest BCUT2D eigenvalue weighted by atomic mass is 16.4. The number of ketones is 1. The summed E-state index contributed by atoms with van der Waals surface area (Å²) in [7, 11) is 0. The number of carbonyl (C=O) groups is 3. The fraction of sp³-hybridized carbons (Fsp3) is 0.927. The maximum atomic E-state index is 10.6. The van der Waals surface area contributed by atoms with Crippen molar-refractivity contribution in [3.63, 3.8) is 0 Å². The molecular formula is C41H90N2O14. The van der Waals surface area contributed by atoms with Crippen molar-refractivity contribution in [2.45, 2.75) is 200 Å². The maximum Gasteiger partial charge on any atom is 0.248 e. The first-order valence-corrected chi connectivity index (χ1v) is 19.2. The van der Waals surface area contributed by atoms with Crippen LogP contribution in [0.2, 0.25) is 0 Å². The fourth-order valence-electron chi connectivity index (χ4n) is 3.11. The van der Waals surface area contributed by atoms with Crippen LogP contribution in [-0.4, -0.2) is 142 Å². The van der Waals surface area contributed by atoms with Gasteiger partial charge in [0.05, 0.1) is 49.8 Å². The molecule has 0 aliphatic carbocycles. The average Bonchev–Trinajstić information content (AvgIpc) is 3.03. The summed E-state index contributed by atoms with van der Waals surface area (Å²) in [4.78, 5) is 31.4. The number of amides is 2. The highest BCUT2D eigenvalue weighted by molar-refractivity contribution is 5.81. The van der Waals surface area contributed by atoms with Crippen LogP contribution >= 0.6 is 0 Å². The smallest absolute Gasteiger partial charge is 0.248 e. The predicted molar refractivity (Wildman–Crippen MR) is 224 cm³/mol. The van der Waals surface area contributed by atoms with Gasteiger partial charge in [-0.2, -0.15) is 0 Å². The Hall–Kier alpha value is -1.83. The van der Waals surface area contributed by atoms with Crippen molar-refractivity contribution in [2.24, 2.45) is 44.0 Å². The molecule has 348 valence electrons. The molecule has 57 heavy (non-hydrogen) atoms. The minimum absolute atomic E-state index is 0.0642. The molecule has 9 atom stereocenters. The Morgan fingerprint density at radius 2 is 0.596 bits per heavy atom. The average molecular weight is 835 g/mol. The largest absolute Gasteiger partial charge is 0.394 e. The Morgan fingerprint density at radius 3 is 0.632 bits per heavy atom. The second-order valence-corrected chi connectivity index (χ2v) is 20.6. The Morgan fingerprint density at radius 1 is 0.404 bits per heavy atom. The quantitative estimate of drug-likeness (QED) is 0.156. The third-order valence-corrected chi connectivity index (χ3v) is 8.29. The van der Waals surface area contributed by atoms with Gasteiger partial charge in [0.1, 0.15) is 6.10 Å². The molecule has 0 bridgehead atoms. The lowest BCUT2D eigenvalue weighted by Crippen LogP contribution is -2.45. The second-order valence-electron chi connectivity index (χ2n) is 20.6. The Labute approximate surface area is 344 Å². The lowest BCUT2D eigenvalue weighted by Gasteiger charge is -2.28. The number of rotatable bonds is 9. The van der Waals surface area contributed by atoms with E-state index in [0.717, 1.165) is 6.42 Å². The van der Waals surface area contributed by atoms with E-state index in [1.165, 1.54) is 6.92 Å². The minimum Gasteiger partial charge on any atom is -0.394 e. The summed E-state index contributed by atoms with van der Waals surface area (Å²) in [6, 6.07) is 0. The number of carbonyl (C=O) groups excluding carboxylic acids is 3. The molecular weight excluding hydrogens is 744 g/mol. The molecule has 15 N–H and O–H groups in total. The third kappa shape index (κ3) is 35.8. The van der Waals surface area contributed by atoms with Crippen LogP contribution < -0.4 is 11.5 Å². The van der Waals surface area contributed by atoms with E-state index in [2.05, 4.69) is 0 Å². The van der Waals surface area contributed by atoms with Gasteiger partial charge in [-0.25, -0.2) is 0 Å². The lowest BCUT2D eigenvalue weighted by atomic mass is 9.85. The van der Waals surface area contributed by atoms with E-state index in [1.54, 1.807) is 62.3 Å². The number of hydrogen-bond acceptors (Lipinski definition) is 14. The molecule has 2 amide bonds. The molecule has 0 spiro atoms. The van der Waals surface area contributed by atoms with Crippen LogP contribution in [0.15, 0.2) is 0 Å². The minimum atomic E-state index is -1.48. The van der Waals surface area contributed by atoms with Crippen LogP contribution in [0.25, 0.3) is 0 Å². The van der Waals surface area contributed by atoms with Crippen molar-refractivity contribution in [3.8, 4) is 0 Å². The van der Waals surface area contributed by atoms with E-state index in [0.29, 0.717) is 0 Å². The molecule has 0 radical (unpaired) electrons. The monoisotopic (exact) mass is 835 g/mol. The molecule has 16 nitrogen and oxygen atoms in total. The van der Waals surface area contributed by atoms with E-state index < -0.39 is 82.7 Å². The first kappa shape index (κ1) is 67.0. The number of aliphatic hydroxyl groups excluding tert-OH is 11. The number of aliphatic hydroxyl groups is 11. The maximum absolute atomic E-state index is 10.6. The van der Waals surface area contributed by atoms with Gasteiger partial charge in [0, 0.05) is 0 Å². The van der Waals surface area contributed by atoms with Gasteiger partial charge in [-0.3, -0.25) is 14.4 Å². The summed E-state index contributed by atoms with van der Waals surface area (Å²) < 4.78 is 0. The summed E-state index contributed by atoms with van der Waals surface area (Å²) >= 11 is 0. The van der Waals surface area contributed by atoms with Gasteiger partial charge in [-0.05, 0) is 45.8 Å². The van der Waals surface area contributed by atoms with Crippen LogP contribution in [0.4, 0.5) is 0 Å². The van der Waals surface area contributed by atoms with Gasteiger partial charge in [0.25, 0.3) is 0 Å². The van der Waals surface area contributed by atoms with Gasteiger partial charge < -0.3 is 67.6 Å². The number of Topliss-reactive ketones (excluding diaryl/α,β-unsaturated/α-hetero) is 1. The normalized spacial score (nSPS) is 17.0. The first-order valence-electron chi connectivity index (χ1n) is 19.2. The molecule has 0 aliphatic rings. The molecule has 0 aromatic rings. The van der Waals surface area contributed by atoms with Crippen molar-refractivity contribution in [1.82, 2.24) is 0 Å². The molecule has 0 aromatic carbocycles. The zero-order chi connectivity index (χ0) is 48.0. The highest BCUT2D eigenvalue weighted by Gasteiger charge is 2.34. The Kier molecular flexibility index (Phi) is 33.6. The van der Waals surface area contributed by atoms with Crippen LogP contribution in [0, 0.1) is 32.5 Å². The molecule has 16 heteroatoms. The molecule has 0 fully saturated rings. The van der Waals surface area contributed by atoms with Gasteiger partial charge in [-0.1, -0.05) is 132 Å². The summed E-state index contributed by atoms with van der Waals surface area (Å²) in [6.45, 7) is 36.0. The van der Waals surface area contributed by atoms with Gasteiger partial charge in [-0.15, -0.1) is 0 Å². The van der Waals surface area contributed by atoms with E-state index in [1.807, 2.05) is 69.2 Å². The number of nitrogens with two attached hydrogens (primary N) is 2. The van der Waals surface area contributed by atoms with Crippen molar-refractivity contribution in [3.05, 3.63) is 0 Å². The summed E-state index contributed by atoms with van der Waals surface area (Å²) in [6.07, 6.45) is -7.91. The predicted octanol–water partition coefficient (Wildman–Crippen LogP) is 1.40. The van der Waals surface area contributed by atoms with Crippen molar-refractivity contribution in [1.29, 1.82) is 0 Å². The zero-order valence-corrected chi connectivity index (χ0v) is 39.1. The van der Waals surface area contributed by atoms with Crippen molar-refractivity contribution < 1.29 is 70.6 Å². The molecule has 0 saturated heterocycles. The van der Waals surface area contributed by atoms with Crippen LogP contribution in [0.1, 0.15) is 145 Å². The van der Waals surface area contributed by atoms with Gasteiger partial charge in [0.2, 0.25) is 11.8 Å². The highest BCUT2D eigenvalue weighted by Crippen LogP contribution is 2.24. The van der Waals surface area contributed by atoms with Crippen molar-refractivity contribution in [2.75, 3.05) is 13.2 Å². The molecule has 0 rings (SSSR count). The molecule has 0 aromatic heterocycles. The molecule has 0 saturated carbocycles.